The zero-order chi connectivity index (χ0) is 89.0. The molecule has 7 aromatic carbocycles. The molecule has 9 N–H and O–H groups in total. The number of anilines is 7. The number of aryl methyl sites for hydroxylation is 3. The predicted octanol–water partition coefficient (Wildman–Crippen LogP) is 13.7. The monoisotopic (exact) mass is 1730 g/mol. The molecule has 5 saturated heterocycles. The number of para-hydroxylation sites is 4. The van der Waals surface area contributed by atoms with E-state index in [2.05, 4.69) is 31.9 Å². The van der Waals surface area contributed by atoms with Crippen LogP contribution in [-0.2, 0) is 68.8 Å². The first-order chi connectivity index (χ1) is 60.2. The van der Waals surface area contributed by atoms with Crippen LogP contribution in [0, 0.1) is 44.4 Å². The average molecular weight is 1730 g/mol. The number of hydrogen-bond donors (Lipinski definition) is 9. The Labute approximate surface area is 731 Å². The van der Waals surface area contributed by atoms with Gasteiger partial charge in [-0.05, 0) is 202 Å². The number of methoxy groups -OCH3 is 3. The Balaban J connectivity index is 0.000000171. The van der Waals surface area contributed by atoms with Gasteiger partial charge in [-0.3, -0.25) is 48.1 Å². The molecule has 31 heteroatoms. The lowest BCUT2D eigenvalue weighted by Crippen LogP contribution is -2.52. The summed E-state index contributed by atoms with van der Waals surface area (Å²) in [6, 6.07) is 42.8. The number of urea groups is 3. The largest absolute Gasteiger partial charge is 0.495 e. The zero-order valence-electron chi connectivity index (χ0n) is 71.5. The summed E-state index contributed by atoms with van der Waals surface area (Å²) in [7, 11) is 4.51. The summed E-state index contributed by atoms with van der Waals surface area (Å²) < 4.78 is 16.6. The molecular weight excluding hydrogens is 1620 g/mol. The summed E-state index contributed by atoms with van der Waals surface area (Å²) in [5.41, 5.74) is 10.1. The molecule has 662 valence electrons. The van der Waals surface area contributed by atoms with E-state index in [4.69, 9.17) is 29.5 Å². The highest BCUT2D eigenvalue weighted by molar-refractivity contribution is 7.99. The van der Waals surface area contributed by atoms with Gasteiger partial charge in [0.05, 0.1) is 63.5 Å². The van der Waals surface area contributed by atoms with Crippen molar-refractivity contribution in [3.05, 3.63) is 191 Å². The lowest BCUT2D eigenvalue weighted by molar-refractivity contribution is -0.146. The second-order valence-electron chi connectivity index (χ2n) is 33.1. The molecule has 0 aromatic heterocycles. The highest BCUT2D eigenvalue weighted by atomic mass is 32.2. The van der Waals surface area contributed by atoms with Crippen molar-refractivity contribution < 1.29 is 87.1 Å². The van der Waals surface area contributed by atoms with Crippen molar-refractivity contribution in [3.8, 4) is 17.2 Å². The smallest absolute Gasteiger partial charge is 0.323 e. The Bertz CT molecular complexity index is 5100. The lowest BCUT2D eigenvalue weighted by Gasteiger charge is -2.37. The maximum Gasteiger partial charge on any atom is 0.323 e. The summed E-state index contributed by atoms with van der Waals surface area (Å²) >= 11 is 1.55. The topological polar surface area (TPSA) is 385 Å². The van der Waals surface area contributed by atoms with Gasteiger partial charge >= 0.3 is 36.0 Å². The number of ether oxygens (including phenoxy) is 3. The van der Waals surface area contributed by atoms with Gasteiger partial charge in [0.25, 0.3) is 0 Å². The van der Waals surface area contributed by atoms with Gasteiger partial charge in [0.1, 0.15) is 35.4 Å². The van der Waals surface area contributed by atoms with Crippen molar-refractivity contribution in [1.29, 1.82) is 0 Å². The number of piperidine rings is 3. The number of aliphatic carboxylic acids is 3. The van der Waals surface area contributed by atoms with E-state index >= 15 is 0 Å². The minimum atomic E-state index is -0.821. The number of thioether (sulfide) groups is 1. The standard InChI is InChI=1S/C33H42N4O6.C33H36N4O6.C28H34N4O6S/c2*1-21-7-3-5-9-25(21)34-33(42)35-26-12-11-23(17-29(26)43-2)18-30(38)37-27-10-6-4-8-24(27)20-28(37)32(41)36-15-13-22(14-16-36)19-31(39)40;1-18-5-3-4-6-21(18)29-28(37)30-22-8-7-20(13-24(22)38-2)14-25(33)32-17-39-16-23(32)27(36)31-11-9-19(10-12-31)15-26(34)35/h3,5,7,9,11-12,17,22,24,27-28H,4,6,8,10,13-16,18-20H2,1-2H3,(H,39,40)(H2,34,35,42);3-12,17,22,28H,13-16,18-20H2,1-2H3,(H,39,40)(H2,34,35,42);3-8,13,19,23H,9-12,14-17H2,1-2H3,(H,34,35)(H2,29,30,37)/t;;23-/m..0/s1. The van der Waals surface area contributed by atoms with E-state index in [-0.39, 0.29) is 97.8 Å². The number of fused-ring (bicyclic) bond motifs is 2. The van der Waals surface area contributed by atoms with Gasteiger partial charge in [0.2, 0.25) is 35.4 Å². The SMILES string of the molecule is COc1cc(CC(=O)N2C(C(=O)N3CCC(CC(=O)O)CC3)CC3CCCCC32)ccc1NC(=O)Nc1ccccc1C.COc1cc(CC(=O)N2CSC[C@H]2C(=O)N2CCC(CC(=O)O)CC2)ccc1NC(=O)Nc1ccccc1C.COc1cc(CC(=O)N2c3ccccc3CC2C(=O)N2CCC(CC(=O)O)CC2)ccc1NC(=O)Nc1ccccc1C. The lowest BCUT2D eigenvalue weighted by atomic mass is 9.84. The highest BCUT2D eigenvalue weighted by Crippen LogP contribution is 2.43. The van der Waals surface area contributed by atoms with E-state index in [9.17, 15) is 57.5 Å². The Kier molecular flexibility index (Phi) is 31.6. The number of carboxylic acid groups (broad SMARTS) is 3. The molecular formula is C94H112N12O18S. The summed E-state index contributed by atoms with van der Waals surface area (Å²) in [5.74, 6) is -0.252. The van der Waals surface area contributed by atoms with Gasteiger partial charge in [-0.1, -0.05) is 104 Å². The van der Waals surface area contributed by atoms with Crippen molar-refractivity contribution in [2.45, 2.75) is 161 Å². The Hall–Kier alpha value is -12.7. The number of carboxylic acids is 3. The van der Waals surface area contributed by atoms with Crippen LogP contribution in [0.25, 0.3) is 0 Å². The van der Waals surface area contributed by atoms with Crippen LogP contribution >= 0.6 is 11.8 Å². The van der Waals surface area contributed by atoms with E-state index in [1.165, 1.54) is 21.3 Å². The quantitative estimate of drug-likeness (QED) is 0.0271. The second kappa shape index (κ2) is 43.1. The van der Waals surface area contributed by atoms with E-state index in [0.717, 1.165) is 59.2 Å². The molecule has 0 bridgehead atoms. The summed E-state index contributed by atoms with van der Waals surface area (Å²) in [4.78, 5) is 163. The van der Waals surface area contributed by atoms with Gasteiger partial charge in [-0.25, -0.2) is 14.4 Å². The Morgan fingerprint density at radius 2 is 0.760 bits per heavy atom. The molecule has 5 atom stereocenters. The third kappa shape index (κ3) is 24.0. The molecule has 30 nitrogen and oxygen atoms in total. The number of nitrogens with one attached hydrogen (secondary N) is 6. The van der Waals surface area contributed by atoms with E-state index in [0.29, 0.717) is 171 Å². The zero-order valence-corrected chi connectivity index (χ0v) is 72.3. The molecule has 4 unspecified atom stereocenters. The van der Waals surface area contributed by atoms with E-state index < -0.39 is 54.1 Å². The molecule has 6 fully saturated rings. The molecule has 12 amide bonds. The van der Waals surface area contributed by atoms with Crippen LogP contribution in [0.15, 0.2) is 152 Å². The van der Waals surface area contributed by atoms with Crippen molar-refractivity contribution >= 4 is 123 Å². The van der Waals surface area contributed by atoms with Crippen LogP contribution in [0.1, 0.15) is 129 Å². The van der Waals surface area contributed by atoms with Crippen LogP contribution < -0.4 is 51.0 Å². The molecule has 1 saturated carbocycles. The van der Waals surface area contributed by atoms with Crippen molar-refractivity contribution in [1.82, 2.24) is 24.5 Å². The van der Waals surface area contributed by atoms with Crippen LogP contribution in [0.2, 0.25) is 0 Å². The Morgan fingerprint density at radius 1 is 0.400 bits per heavy atom. The summed E-state index contributed by atoms with van der Waals surface area (Å²) in [5, 5.41) is 44.2. The molecule has 125 heavy (non-hydrogen) atoms. The van der Waals surface area contributed by atoms with Crippen molar-refractivity contribution in [2.24, 2.45) is 23.7 Å². The predicted molar refractivity (Wildman–Crippen MR) is 477 cm³/mol. The maximum atomic E-state index is 13.9. The van der Waals surface area contributed by atoms with Crippen LogP contribution in [0.4, 0.5) is 54.2 Å². The van der Waals surface area contributed by atoms with Crippen LogP contribution in [0.3, 0.4) is 0 Å². The molecule has 7 aliphatic rings. The minimum absolute atomic E-state index is 0.00619. The molecule has 0 radical (unpaired) electrons. The van der Waals surface area contributed by atoms with Gasteiger partial charge in [0.15, 0.2) is 0 Å². The third-order valence-corrected chi connectivity index (χ3v) is 25.6. The summed E-state index contributed by atoms with van der Waals surface area (Å²) in [6.45, 7) is 8.80. The van der Waals surface area contributed by atoms with Crippen LogP contribution in [0.5, 0.6) is 17.2 Å². The fourth-order valence-electron chi connectivity index (χ4n) is 17.9. The number of carbonyl (C=O) groups is 12. The number of nitrogens with zero attached hydrogens (tertiary/aromatic N) is 6. The average Bonchev–Trinajstić information content (AvgIpc) is 1.63. The van der Waals surface area contributed by atoms with Gasteiger partial charge in [-0.15, -0.1) is 11.8 Å². The van der Waals surface area contributed by atoms with E-state index in [1.54, 1.807) is 79.9 Å². The first-order valence-corrected chi connectivity index (χ1v) is 43.9. The number of likely N-dealkylation sites (tertiary alicyclic amines) is 4. The second-order valence-corrected chi connectivity index (χ2v) is 34.1. The van der Waals surface area contributed by atoms with Gasteiger partial charge in [-0.2, -0.15) is 0 Å². The molecule has 6 aliphatic heterocycles. The molecule has 0 spiro atoms. The number of rotatable bonds is 24. The van der Waals surface area contributed by atoms with Crippen molar-refractivity contribution in [2.75, 3.05) is 109 Å². The number of amides is 12. The molecule has 1 aliphatic carbocycles. The fourth-order valence-corrected chi connectivity index (χ4v) is 19.1. The number of benzene rings is 7. The Morgan fingerprint density at radius 3 is 1.17 bits per heavy atom. The first-order valence-electron chi connectivity index (χ1n) is 42.7. The third-order valence-electron chi connectivity index (χ3n) is 24.6. The fraction of sp³-hybridized carbons (Fsp3) is 0.426. The maximum absolute atomic E-state index is 13.9. The number of carbonyl (C=O) groups excluding carboxylic acids is 9. The van der Waals surface area contributed by atoms with Crippen LogP contribution in [-0.4, -0.2) is 208 Å². The minimum Gasteiger partial charge on any atom is -0.495 e. The van der Waals surface area contributed by atoms with Gasteiger partial charge in [0, 0.05) is 99.5 Å². The molecule has 7 aromatic rings. The normalized spacial score (nSPS) is 18.7. The van der Waals surface area contributed by atoms with Gasteiger partial charge < -0.3 is 85.9 Å². The van der Waals surface area contributed by atoms with Crippen molar-refractivity contribution in [3.63, 3.8) is 0 Å². The molecule has 6 heterocycles. The molecule has 14 rings (SSSR count). The first kappa shape index (κ1) is 91.5. The summed E-state index contributed by atoms with van der Waals surface area (Å²) in [6.07, 6.45) is 9.77. The van der Waals surface area contributed by atoms with E-state index in [1.807, 2.05) is 134 Å². The highest BCUT2D eigenvalue weighted by Gasteiger charge is 2.49. The number of hydrogen-bond acceptors (Lipinski definition) is 16.